The summed E-state index contributed by atoms with van der Waals surface area (Å²) in [5.74, 6) is -0.903. The zero-order chi connectivity index (χ0) is 38.0. The second-order valence-corrected chi connectivity index (χ2v) is 14.2. The van der Waals surface area contributed by atoms with Gasteiger partial charge in [-0.2, -0.15) is 0 Å². The van der Waals surface area contributed by atoms with Gasteiger partial charge in [0.2, 0.25) is 0 Å². The van der Waals surface area contributed by atoms with Crippen molar-refractivity contribution in [1.29, 1.82) is 0 Å². The molecule has 1 unspecified atom stereocenters. The maximum Gasteiger partial charge on any atom is 0.306 e. The van der Waals surface area contributed by atoms with E-state index in [1.54, 1.807) is 0 Å². The van der Waals surface area contributed by atoms with Gasteiger partial charge in [0.25, 0.3) is 0 Å². The summed E-state index contributed by atoms with van der Waals surface area (Å²) in [6.07, 6.45) is 47.0. The number of unbranched alkanes of at least 4 members (excludes halogenated alkanes) is 19. The maximum atomic E-state index is 12.5. The molecule has 300 valence electrons. The number of carbonyl (C=O) groups excluding carboxylic acids is 3. The molecule has 0 radical (unpaired) electrons. The molecule has 0 amide bonds. The minimum atomic E-state index is -0.766. The van der Waals surface area contributed by atoms with E-state index in [-0.39, 0.29) is 31.1 Å². The van der Waals surface area contributed by atoms with Crippen LogP contribution in [0.15, 0.2) is 48.6 Å². The number of rotatable bonds is 38. The van der Waals surface area contributed by atoms with E-state index in [1.807, 2.05) is 0 Å². The molecule has 0 heterocycles. The van der Waals surface area contributed by atoms with Crippen molar-refractivity contribution < 1.29 is 28.6 Å². The lowest BCUT2D eigenvalue weighted by molar-refractivity contribution is -0.167. The van der Waals surface area contributed by atoms with E-state index in [0.717, 1.165) is 89.9 Å². The van der Waals surface area contributed by atoms with Gasteiger partial charge in [-0.3, -0.25) is 14.4 Å². The van der Waals surface area contributed by atoms with Crippen LogP contribution in [0.4, 0.5) is 0 Å². The van der Waals surface area contributed by atoms with Crippen molar-refractivity contribution in [3.63, 3.8) is 0 Å². The summed E-state index contributed by atoms with van der Waals surface area (Å²) in [7, 11) is 0. The van der Waals surface area contributed by atoms with Crippen molar-refractivity contribution in [1.82, 2.24) is 0 Å². The molecule has 0 saturated carbocycles. The molecule has 0 N–H and O–H groups in total. The topological polar surface area (TPSA) is 78.9 Å². The summed E-state index contributed by atoms with van der Waals surface area (Å²) < 4.78 is 16.5. The molecule has 0 aliphatic carbocycles. The zero-order valence-corrected chi connectivity index (χ0v) is 34.1. The summed E-state index contributed by atoms with van der Waals surface area (Å²) in [5, 5.41) is 0. The second-order valence-electron chi connectivity index (χ2n) is 14.2. The lowest BCUT2D eigenvalue weighted by atomic mass is 10.1. The lowest BCUT2D eigenvalue weighted by Gasteiger charge is -2.18. The molecule has 0 rings (SSSR count). The molecule has 0 fully saturated rings. The van der Waals surface area contributed by atoms with Crippen LogP contribution in [0.3, 0.4) is 0 Å². The molecule has 0 aromatic carbocycles. The van der Waals surface area contributed by atoms with Crippen molar-refractivity contribution in [2.24, 2.45) is 0 Å². The fourth-order valence-electron chi connectivity index (χ4n) is 5.84. The third-order valence-corrected chi connectivity index (χ3v) is 9.10. The van der Waals surface area contributed by atoms with Crippen LogP contribution in [0.1, 0.15) is 207 Å². The highest BCUT2D eigenvalue weighted by molar-refractivity contribution is 5.71. The van der Waals surface area contributed by atoms with Crippen molar-refractivity contribution >= 4 is 17.9 Å². The van der Waals surface area contributed by atoms with E-state index in [2.05, 4.69) is 69.4 Å². The minimum absolute atomic E-state index is 0.0752. The van der Waals surface area contributed by atoms with Gasteiger partial charge in [0.15, 0.2) is 6.10 Å². The number of hydrogen-bond acceptors (Lipinski definition) is 6. The molecule has 0 bridgehead atoms. The van der Waals surface area contributed by atoms with Crippen LogP contribution < -0.4 is 0 Å². The van der Waals surface area contributed by atoms with Crippen LogP contribution in [0.5, 0.6) is 0 Å². The predicted molar refractivity (Wildman–Crippen MR) is 219 cm³/mol. The van der Waals surface area contributed by atoms with Gasteiger partial charge in [0.1, 0.15) is 13.2 Å². The van der Waals surface area contributed by atoms with Gasteiger partial charge >= 0.3 is 17.9 Å². The molecule has 0 saturated heterocycles. The monoisotopic (exact) mass is 729 g/mol. The standard InChI is InChI=1S/C46H80O6/c1-4-7-10-13-16-17-18-19-20-21-22-23-24-25-26-27-28-29-31-33-36-39-45(48)51-42-43(41-50-44(47)38-35-32-15-12-9-6-3)52-46(49)40-37-34-30-14-11-8-5-2/h7,10,16-17,19-20,22-23,43H,4-6,8-9,11-15,18,21,24-42H2,1-3H3/b10-7-,17-16-,20-19-,23-22-. The van der Waals surface area contributed by atoms with Crippen molar-refractivity contribution in [2.75, 3.05) is 13.2 Å². The Morgan fingerprint density at radius 2 is 0.750 bits per heavy atom. The van der Waals surface area contributed by atoms with E-state index in [1.165, 1.54) is 77.0 Å². The quantitative estimate of drug-likeness (QED) is 0.0272. The Bertz CT molecular complexity index is 933. The Kier molecular flexibility index (Phi) is 39.1. The number of esters is 3. The summed E-state index contributed by atoms with van der Waals surface area (Å²) >= 11 is 0. The van der Waals surface area contributed by atoms with Gasteiger partial charge in [0.05, 0.1) is 0 Å². The van der Waals surface area contributed by atoms with Crippen LogP contribution in [0, 0.1) is 0 Å². The van der Waals surface area contributed by atoms with Gasteiger partial charge in [-0.15, -0.1) is 0 Å². The summed E-state index contributed by atoms with van der Waals surface area (Å²) in [6.45, 7) is 6.40. The first-order chi connectivity index (χ1) is 25.5. The molecule has 0 aliphatic heterocycles. The van der Waals surface area contributed by atoms with Gasteiger partial charge in [-0.05, 0) is 57.8 Å². The Hall–Kier alpha value is -2.63. The molecule has 0 spiro atoms. The smallest absolute Gasteiger partial charge is 0.306 e. The van der Waals surface area contributed by atoms with Gasteiger partial charge in [0, 0.05) is 19.3 Å². The van der Waals surface area contributed by atoms with E-state index in [9.17, 15) is 14.4 Å². The largest absolute Gasteiger partial charge is 0.462 e. The first kappa shape index (κ1) is 49.4. The van der Waals surface area contributed by atoms with E-state index in [0.29, 0.717) is 19.3 Å². The second kappa shape index (κ2) is 41.1. The van der Waals surface area contributed by atoms with Crippen LogP contribution in [-0.4, -0.2) is 37.2 Å². The van der Waals surface area contributed by atoms with Crippen LogP contribution in [0.25, 0.3) is 0 Å². The molecular formula is C46H80O6. The van der Waals surface area contributed by atoms with Crippen LogP contribution in [0.2, 0.25) is 0 Å². The molecule has 0 aromatic rings. The van der Waals surface area contributed by atoms with Gasteiger partial charge in [-0.1, -0.05) is 179 Å². The molecule has 0 aliphatic rings. The van der Waals surface area contributed by atoms with Gasteiger partial charge in [-0.25, -0.2) is 0 Å². The maximum absolute atomic E-state index is 12.5. The minimum Gasteiger partial charge on any atom is -0.462 e. The van der Waals surface area contributed by atoms with E-state index < -0.39 is 6.10 Å². The lowest BCUT2D eigenvalue weighted by Crippen LogP contribution is -2.30. The predicted octanol–water partition coefficient (Wildman–Crippen LogP) is 13.6. The summed E-state index contributed by atoms with van der Waals surface area (Å²) in [6, 6.07) is 0. The highest BCUT2D eigenvalue weighted by Crippen LogP contribution is 2.13. The number of carbonyl (C=O) groups is 3. The Balaban J connectivity index is 4.13. The molecule has 0 aromatic heterocycles. The Morgan fingerprint density at radius 3 is 1.17 bits per heavy atom. The average Bonchev–Trinajstić information content (AvgIpc) is 3.14. The molecule has 6 nitrogen and oxygen atoms in total. The first-order valence-electron chi connectivity index (χ1n) is 21.6. The molecular weight excluding hydrogens is 649 g/mol. The van der Waals surface area contributed by atoms with Crippen LogP contribution >= 0.6 is 0 Å². The Labute approximate surface area is 320 Å². The number of hydrogen-bond donors (Lipinski definition) is 0. The van der Waals surface area contributed by atoms with Crippen molar-refractivity contribution in [3.05, 3.63) is 48.6 Å². The summed E-state index contributed by atoms with van der Waals surface area (Å²) in [5.41, 5.74) is 0. The van der Waals surface area contributed by atoms with Crippen molar-refractivity contribution in [2.45, 2.75) is 213 Å². The average molecular weight is 729 g/mol. The first-order valence-corrected chi connectivity index (χ1v) is 21.6. The SMILES string of the molecule is CC/C=C\C/C=C\C/C=C\C/C=C\CCCCCCCCCCC(=O)OCC(COC(=O)CCCCCCCC)OC(=O)CCCCCCCCC. The van der Waals surface area contributed by atoms with Crippen molar-refractivity contribution in [3.8, 4) is 0 Å². The number of ether oxygens (including phenoxy) is 3. The fraction of sp³-hybridized carbons (Fsp3) is 0.761. The summed E-state index contributed by atoms with van der Waals surface area (Å²) in [4.78, 5) is 37.3. The third kappa shape index (κ3) is 38.6. The molecule has 1 atom stereocenters. The van der Waals surface area contributed by atoms with E-state index >= 15 is 0 Å². The highest BCUT2D eigenvalue weighted by Gasteiger charge is 2.19. The Morgan fingerprint density at radius 1 is 0.404 bits per heavy atom. The van der Waals surface area contributed by atoms with Crippen LogP contribution in [-0.2, 0) is 28.6 Å². The zero-order valence-electron chi connectivity index (χ0n) is 34.1. The highest BCUT2D eigenvalue weighted by atomic mass is 16.6. The molecule has 52 heavy (non-hydrogen) atoms. The third-order valence-electron chi connectivity index (χ3n) is 9.10. The van der Waals surface area contributed by atoms with Gasteiger partial charge < -0.3 is 14.2 Å². The normalized spacial score (nSPS) is 12.4. The fourth-order valence-corrected chi connectivity index (χ4v) is 5.84. The molecule has 6 heteroatoms. The number of allylic oxidation sites excluding steroid dienone is 8. The van der Waals surface area contributed by atoms with E-state index in [4.69, 9.17) is 14.2 Å².